The van der Waals surface area contributed by atoms with Gasteiger partial charge in [0.2, 0.25) is 0 Å². The highest BCUT2D eigenvalue weighted by molar-refractivity contribution is 5.37. The molecule has 0 amide bonds. The molecule has 0 unspecified atom stereocenters. The molecule has 0 aliphatic carbocycles. The van der Waals surface area contributed by atoms with E-state index < -0.39 is 0 Å². The Labute approximate surface area is 131 Å². The lowest BCUT2D eigenvalue weighted by Crippen LogP contribution is -2.32. The first-order valence-electron chi connectivity index (χ1n) is 7.98. The van der Waals surface area contributed by atoms with Crippen LogP contribution >= 0.6 is 0 Å². The minimum absolute atomic E-state index is 0.778. The molecule has 5 nitrogen and oxygen atoms in total. The number of aromatic nitrogens is 3. The van der Waals surface area contributed by atoms with Crippen molar-refractivity contribution in [2.45, 2.75) is 25.7 Å². The van der Waals surface area contributed by atoms with Gasteiger partial charge in [-0.05, 0) is 63.0 Å². The second kappa shape index (κ2) is 6.92. The summed E-state index contributed by atoms with van der Waals surface area (Å²) in [5, 5.41) is 4.37. The topological polar surface area (TPSA) is 43.2 Å². The first kappa shape index (κ1) is 15.0. The lowest BCUT2D eigenvalue weighted by atomic mass is 9.93. The maximum atomic E-state index is 5.20. The van der Waals surface area contributed by atoms with Crippen LogP contribution in [0, 0.1) is 5.92 Å². The van der Waals surface area contributed by atoms with Crippen LogP contribution in [-0.4, -0.2) is 46.9 Å². The minimum atomic E-state index is 0.778. The molecule has 2 heterocycles. The summed E-state index contributed by atoms with van der Waals surface area (Å²) in [6.07, 6.45) is 6.45. The summed E-state index contributed by atoms with van der Waals surface area (Å²) >= 11 is 0. The van der Waals surface area contributed by atoms with Crippen molar-refractivity contribution in [3.05, 3.63) is 36.4 Å². The van der Waals surface area contributed by atoms with Crippen LogP contribution in [-0.2, 0) is 6.42 Å². The van der Waals surface area contributed by atoms with Crippen molar-refractivity contribution in [2.24, 2.45) is 5.92 Å². The smallest absolute Gasteiger partial charge is 0.138 e. The van der Waals surface area contributed by atoms with E-state index in [0.717, 1.165) is 29.6 Å². The van der Waals surface area contributed by atoms with Crippen LogP contribution in [0.5, 0.6) is 5.75 Å². The molecular formula is C17H24N4O. The molecule has 1 fully saturated rings. The largest absolute Gasteiger partial charge is 0.497 e. The van der Waals surface area contributed by atoms with Crippen LogP contribution in [0.25, 0.3) is 5.69 Å². The van der Waals surface area contributed by atoms with Gasteiger partial charge in [0.25, 0.3) is 0 Å². The summed E-state index contributed by atoms with van der Waals surface area (Å²) in [6, 6.07) is 7.95. The van der Waals surface area contributed by atoms with Crippen LogP contribution in [0.4, 0.5) is 0 Å². The standard InChI is InChI=1S/C17H24N4O/c1-20-11-3-4-14(12-20)5-10-17-18-13-19-21(17)15-6-8-16(22-2)9-7-15/h6-9,13-14H,3-5,10-12H2,1-2H3/t14-/m0/s1. The highest BCUT2D eigenvalue weighted by Gasteiger charge is 2.18. The van der Waals surface area contributed by atoms with Crippen molar-refractivity contribution in [2.75, 3.05) is 27.2 Å². The van der Waals surface area contributed by atoms with Gasteiger partial charge in [-0.2, -0.15) is 5.10 Å². The number of hydrogen-bond acceptors (Lipinski definition) is 4. The van der Waals surface area contributed by atoms with Crippen molar-refractivity contribution >= 4 is 0 Å². The SMILES string of the molecule is COc1ccc(-n2ncnc2CC[C@@H]2CCCN(C)C2)cc1. The zero-order valence-electron chi connectivity index (χ0n) is 13.4. The number of methoxy groups -OCH3 is 1. The van der Waals surface area contributed by atoms with Crippen molar-refractivity contribution < 1.29 is 4.74 Å². The van der Waals surface area contributed by atoms with Gasteiger partial charge in [0, 0.05) is 13.0 Å². The number of hydrogen-bond donors (Lipinski definition) is 0. The maximum Gasteiger partial charge on any atom is 0.138 e. The summed E-state index contributed by atoms with van der Waals surface area (Å²) in [6.45, 7) is 2.44. The van der Waals surface area contributed by atoms with E-state index in [1.807, 2.05) is 28.9 Å². The molecule has 0 bridgehead atoms. The predicted octanol–water partition coefficient (Wildman–Crippen LogP) is 2.55. The Morgan fingerprint density at radius 3 is 2.82 bits per heavy atom. The Bertz CT molecular complexity index is 593. The quantitative estimate of drug-likeness (QED) is 0.851. The first-order chi connectivity index (χ1) is 10.8. The summed E-state index contributed by atoms with van der Waals surface area (Å²) in [4.78, 5) is 6.88. The molecular weight excluding hydrogens is 276 g/mol. The van der Waals surface area contributed by atoms with Gasteiger partial charge in [-0.3, -0.25) is 0 Å². The minimum Gasteiger partial charge on any atom is -0.497 e. The maximum absolute atomic E-state index is 5.20. The van der Waals surface area contributed by atoms with Gasteiger partial charge in [0.1, 0.15) is 17.9 Å². The van der Waals surface area contributed by atoms with Crippen LogP contribution < -0.4 is 4.74 Å². The summed E-state index contributed by atoms with van der Waals surface area (Å²) in [5.74, 6) is 2.67. The zero-order chi connectivity index (χ0) is 15.4. The molecule has 0 radical (unpaired) electrons. The average Bonchev–Trinajstić information content (AvgIpc) is 3.01. The first-order valence-corrected chi connectivity index (χ1v) is 7.98. The van der Waals surface area contributed by atoms with Gasteiger partial charge in [-0.1, -0.05) is 0 Å². The van der Waals surface area contributed by atoms with Crippen molar-refractivity contribution in [1.29, 1.82) is 0 Å². The van der Waals surface area contributed by atoms with Gasteiger partial charge in [-0.25, -0.2) is 9.67 Å². The molecule has 3 rings (SSSR count). The van der Waals surface area contributed by atoms with Gasteiger partial charge in [0.15, 0.2) is 0 Å². The molecule has 1 saturated heterocycles. The summed E-state index contributed by atoms with van der Waals surface area (Å²) in [7, 11) is 3.89. The number of aryl methyl sites for hydroxylation is 1. The fourth-order valence-corrected chi connectivity index (χ4v) is 3.22. The number of nitrogens with zero attached hydrogens (tertiary/aromatic N) is 4. The van der Waals surface area contributed by atoms with Crippen molar-refractivity contribution in [3.8, 4) is 11.4 Å². The number of rotatable bonds is 5. The van der Waals surface area contributed by atoms with E-state index in [-0.39, 0.29) is 0 Å². The molecule has 1 aromatic heterocycles. The van der Waals surface area contributed by atoms with Crippen LogP contribution in [0.3, 0.4) is 0 Å². The second-order valence-electron chi connectivity index (χ2n) is 6.10. The fraction of sp³-hybridized carbons (Fsp3) is 0.529. The third-order valence-electron chi connectivity index (χ3n) is 4.43. The van der Waals surface area contributed by atoms with E-state index in [9.17, 15) is 0 Å². The fourth-order valence-electron chi connectivity index (χ4n) is 3.22. The Hall–Kier alpha value is -1.88. The van der Waals surface area contributed by atoms with Crippen LogP contribution in [0.15, 0.2) is 30.6 Å². The van der Waals surface area contributed by atoms with Gasteiger partial charge in [-0.15, -0.1) is 0 Å². The molecule has 118 valence electrons. The van der Waals surface area contributed by atoms with E-state index in [1.165, 1.54) is 32.4 Å². The highest BCUT2D eigenvalue weighted by atomic mass is 16.5. The molecule has 1 atom stereocenters. The highest BCUT2D eigenvalue weighted by Crippen LogP contribution is 2.21. The predicted molar refractivity (Wildman–Crippen MR) is 86.5 cm³/mol. The Morgan fingerprint density at radius 2 is 2.09 bits per heavy atom. The second-order valence-corrected chi connectivity index (χ2v) is 6.10. The lowest BCUT2D eigenvalue weighted by Gasteiger charge is -2.29. The molecule has 5 heteroatoms. The molecule has 1 aliphatic heterocycles. The van der Waals surface area contributed by atoms with E-state index in [4.69, 9.17) is 4.74 Å². The molecule has 1 aliphatic rings. The van der Waals surface area contributed by atoms with Crippen molar-refractivity contribution in [1.82, 2.24) is 19.7 Å². The van der Waals surface area contributed by atoms with Gasteiger partial charge in [0.05, 0.1) is 12.8 Å². The van der Waals surface area contributed by atoms with Crippen LogP contribution in [0.2, 0.25) is 0 Å². The van der Waals surface area contributed by atoms with E-state index in [1.54, 1.807) is 13.4 Å². The van der Waals surface area contributed by atoms with Gasteiger partial charge < -0.3 is 9.64 Å². The van der Waals surface area contributed by atoms with Crippen LogP contribution in [0.1, 0.15) is 25.1 Å². The molecule has 22 heavy (non-hydrogen) atoms. The average molecular weight is 300 g/mol. The van der Waals surface area contributed by atoms with E-state index in [2.05, 4.69) is 22.0 Å². The van der Waals surface area contributed by atoms with Crippen molar-refractivity contribution in [3.63, 3.8) is 0 Å². The third-order valence-corrected chi connectivity index (χ3v) is 4.43. The molecule has 0 N–H and O–H groups in total. The Morgan fingerprint density at radius 1 is 1.27 bits per heavy atom. The Balaban J connectivity index is 1.66. The number of benzene rings is 1. The summed E-state index contributed by atoms with van der Waals surface area (Å²) < 4.78 is 7.14. The molecule has 0 spiro atoms. The van der Waals surface area contributed by atoms with Gasteiger partial charge >= 0.3 is 0 Å². The monoisotopic (exact) mass is 300 g/mol. The van der Waals surface area contributed by atoms with E-state index in [0.29, 0.717) is 0 Å². The molecule has 2 aromatic rings. The normalized spacial score (nSPS) is 19.3. The molecule has 1 aromatic carbocycles. The zero-order valence-corrected chi connectivity index (χ0v) is 13.4. The number of piperidine rings is 1. The Kier molecular flexibility index (Phi) is 4.73. The molecule has 0 saturated carbocycles. The summed E-state index contributed by atoms with van der Waals surface area (Å²) in [5.41, 5.74) is 1.04. The third kappa shape index (κ3) is 3.47. The number of likely N-dealkylation sites (tertiary alicyclic amines) is 1. The lowest BCUT2D eigenvalue weighted by molar-refractivity contribution is 0.201. The van der Waals surface area contributed by atoms with E-state index >= 15 is 0 Å². The number of ether oxygens (including phenoxy) is 1.